The minimum Gasteiger partial charge on any atom is -0.360 e. The SMILES string of the molecule is Cc1cc(NS(=O)(=O)c2ccc(C(=O)Nc3ccc(C(C)C)cc3)cc2)no1. The molecule has 0 aliphatic carbocycles. The fourth-order valence-electron chi connectivity index (χ4n) is 2.55. The maximum absolute atomic E-state index is 12.4. The second kappa shape index (κ2) is 7.85. The molecular weight excluding hydrogens is 378 g/mol. The molecule has 3 rings (SSSR count). The number of rotatable bonds is 6. The van der Waals surface area contributed by atoms with E-state index < -0.39 is 10.0 Å². The first-order valence-electron chi connectivity index (χ1n) is 8.72. The fraction of sp³-hybridized carbons (Fsp3) is 0.200. The Morgan fingerprint density at radius 3 is 2.21 bits per heavy atom. The molecule has 0 atom stereocenters. The number of carbonyl (C=O) groups excluding carboxylic acids is 1. The second-order valence-electron chi connectivity index (χ2n) is 6.68. The quantitative estimate of drug-likeness (QED) is 0.648. The van der Waals surface area contributed by atoms with Gasteiger partial charge in [0.15, 0.2) is 5.82 Å². The van der Waals surface area contributed by atoms with E-state index in [2.05, 4.69) is 29.0 Å². The van der Waals surface area contributed by atoms with Gasteiger partial charge in [-0.2, -0.15) is 0 Å². The van der Waals surface area contributed by atoms with Gasteiger partial charge >= 0.3 is 0 Å². The van der Waals surface area contributed by atoms with Crippen molar-refractivity contribution in [1.82, 2.24) is 5.16 Å². The molecule has 1 amide bonds. The lowest BCUT2D eigenvalue weighted by molar-refractivity contribution is 0.102. The standard InChI is InChI=1S/C20H21N3O4S/c1-13(2)15-4-8-17(9-5-15)21-20(24)16-6-10-18(11-7-16)28(25,26)23-19-12-14(3)27-22-19/h4-13H,1-3H3,(H,21,24)(H,22,23). The van der Waals surface area contributed by atoms with Gasteiger partial charge in [-0.1, -0.05) is 31.1 Å². The van der Waals surface area contributed by atoms with Gasteiger partial charge in [-0.15, -0.1) is 0 Å². The molecule has 0 aliphatic heterocycles. The third-order valence-corrected chi connectivity index (χ3v) is 5.50. The van der Waals surface area contributed by atoms with E-state index in [1.165, 1.54) is 35.9 Å². The molecule has 0 unspecified atom stereocenters. The summed E-state index contributed by atoms with van der Waals surface area (Å²) in [6.45, 7) is 5.86. The van der Waals surface area contributed by atoms with Crippen molar-refractivity contribution in [1.29, 1.82) is 0 Å². The van der Waals surface area contributed by atoms with Crippen LogP contribution in [0.4, 0.5) is 11.5 Å². The minimum atomic E-state index is -3.82. The summed E-state index contributed by atoms with van der Waals surface area (Å²) in [5.74, 6) is 0.686. The molecular formula is C20H21N3O4S. The summed E-state index contributed by atoms with van der Waals surface area (Å²) in [5, 5.41) is 6.41. The lowest BCUT2D eigenvalue weighted by atomic mass is 10.0. The Labute approximate surface area is 163 Å². The third-order valence-electron chi connectivity index (χ3n) is 4.13. The number of benzene rings is 2. The summed E-state index contributed by atoms with van der Waals surface area (Å²) in [6, 6.07) is 14.7. The second-order valence-corrected chi connectivity index (χ2v) is 8.37. The van der Waals surface area contributed by atoms with Crippen LogP contribution in [0.25, 0.3) is 0 Å². The predicted octanol–water partition coefficient (Wildman–Crippen LogP) is 4.16. The Kier molecular flexibility index (Phi) is 5.51. The molecule has 3 aromatic rings. The zero-order valence-electron chi connectivity index (χ0n) is 15.8. The topological polar surface area (TPSA) is 101 Å². The number of anilines is 2. The highest BCUT2D eigenvalue weighted by atomic mass is 32.2. The number of amides is 1. The largest absolute Gasteiger partial charge is 0.360 e. The summed E-state index contributed by atoms with van der Waals surface area (Å²) in [6.07, 6.45) is 0. The average Bonchev–Trinajstić information content (AvgIpc) is 3.06. The molecule has 1 aromatic heterocycles. The van der Waals surface area contributed by atoms with Crippen molar-refractivity contribution in [2.75, 3.05) is 10.0 Å². The lowest BCUT2D eigenvalue weighted by Crippen LogP contribution is -2.15. The Hall–Kier alpha value is -3.13. The average molecular weight is 399 g/mol. The van der Waals surface area contributed by atoms with E-state index in [-0.39, 0.29) is 16.6 Å². The highest BCUT2D eigenvalue weighted by Gasteiger charge is 2.17. The molecule has 146 valence electrons. The van der Waals surface area contributed by atoms with Crippen LogP contribution >= 0.6 is 0 Å². The van der Waals surface area contributed by atoms with Crippen LogP contribution < -0.4 is 10.0 Å². The van der Waals surface area contributed by atoms with E-state index in [0.29, 0.717) is 22.9 Å². The van der Waals surface area contributed by atoms with Gasteiger partial charge in [0.1, 0.15) is 5.76 Å². The van der Waals surface area contributed by atoms with Crippen LogP contribution in [0, 0.1) is 6.92 Å². The zero-order valence-corrected chi connectivity index (χ0v) is 16.6. The van der Waals surface area contributed by atoms with Crippen molar-refractivity contribution in [2.45, 2.75) is 31.6 Å². The number of nitrogens with one attached hydrogen (secondary N) is 2. The van der Waals surface area contributed by atoms with Crippen molar-refractivity contribution < 1.29 is 17.7 Å². The highest BCUT2D eigenvalue weighted by Crippen LogP contribution is 2.19. The molecule has 0 radical (unpaired) electrons. The Balaban J connectivity index is 1.70. The predicted molar refractivity (Wildman–Crippen MR) is 107 cm³/mol. The number of aromatic nitrogens is 1. The molecule has 8 heteroatoms. The van der Waals surface area contributed by atoms with Crippen LogP contribution in [0.15, 0.2) is 64.0 Å². The van der Waals surface area contributed by atoms with Crippen molar-refractivity contribution in [3.63, 3.8) is 0 Å². The molecule has 0 saturated heterocycles. The van der Waals surface area contributed by atoms with Gasteiger partial charge in [0.05, 0.1) is 4.90 Å². The number of hydrogen-bond donors (Lipinski definition) is 2. The van der Waals surface area contributed by atoms with Crippen molar-refractivity contribution in [2.24, 2.45) is 0 Å². The van der Waals surface area contributed by atoms with Gasteiger partial charge in [-0.25, -0.2) is 8.42 Å². The van der Waals surface area contributed by atoms with Gasteiger partial charge in [0.2, 0.25) is 0 Å². The number of aryl methyl sites for hydroxylation is 1. The van der Waals surface area contributed by atoms with Crippen LogP contribution in [0.5, 0.6) is 0 Å². The molecule has 7 nitrogen and oxygen atoms in total. The molecule has 2 aromatic carbocycles. The van der Waals surface area contributed by atoms with Gasteiger partial charge in [-0.05, 0) is 54.8 Å². The van der Waals surface area contributed by atoms with Crippen molar-refractivity contribution in [3.05, 3.63) is 71.5 Å². The van der Waals surface area contributed by atoms with Gasteiger partial charge in [-0.3, -0.25) is 9.52 Å². The zero-order chi connectivity index (χ0) is 20.3. The molecule has 0 saturated carbocycles. The first-order valence-corrected chi connectivity index (χ1v) is 10.2. The first-order chi connectivity index (χ1) is 13.2. The van der Waals surface area contributed by atoms with E-state index >= 15 is 0 Å². The monoisotopic (exact) mass is 399 g/mol. The van der Waals surface area contributed by atoms with E-state index in [4.69, 9.17) is 4.52 Å². The lowest BCUT2D eigenvalue weighted by Gasteiger charge is -2.09. The Morgan fingerprint density at radius 2 is 1.68 bits per heavy atom. The van der Waals surface area contributed by atoms with Crippen LogP contribution in [-0.2, 0) is 10.0 Å². The number of hydrogen-bond acceptors (Lipinski definition) is 5. The maximum atomic E-state index is 12.4. The first kappa shape index (κ1) is 19.6. The highest BCUT2D eigenvalue weighted by molar-refractivity contribution is 7.92. The minimum absolute atomic E-state index is 0.0194. The molecule has 0 bridgehead atoms. The van der Waals surface area contributed by atoms with E-state index in [1.807, 2.05) is 24.3 Å². The molecule has 1 heterocycles. The summed E-state index contributed by atoms with van der Waals surface area (Å²) in [4.78, 5) is 12.4. The Morgan fingerprint density at radius 1 is 1.04 bits per heavy atom. The molecule has 0 spiro atoms. The molecule has 0 fully saturated rings. The van der Waals surface area contributed by atoms with Crippen molar-refractivity contribution in [3.8, 4) is 0 Å². The van der Waals surface area contributed by atoms with Crippen molar-refractivity contribution >= 4 is 27.4 Å². The maximum Gasteiger partial charge on any atom is 0.263 e. The van der Waals surface area contributed by atoms with E-state index in [9.17, 15) is 13.2 Å². The number of nitrogens with zero attached hydrogens (tertiary/aromatic N) is 1. The summed E-state index contributed by atoms with van der Waals surface area (Å²) in [7, 11) is -3.82. The van der Waals surface area contributed by atoms with E-state index in [1.54, 1.807) is 6.92 Å². The van der Waals surface area contributed by atoms with Crippen LogP contribution in [-0.4, -0.2) is 19.5 Å². The normalized spacial score (nSPS) is 11.4. The smallest absolute Gasteiger partial charge is 0.263 e. The Bertz CT molecular complexity index is 1070. The van der Waals surface area contributed by atoms with Gasteiger partial charge < -0.3 is 9.84 Å². The molecule has 28 heavy (non-hydrogen) atoms. The summed E-state index contributed by atoms with van der Waals surface area (Å²) < 4.78 is 31.9. The fourth-order valence-corrected chi connectivity index (χ4v) is 3.53. The third kappa shape index (κ3) is 4.58. The number of sulfonamides is 1. The molecule has 0 aliphatic rings. The van der Waals surface area contributed by atoms with Crippen LogP contribution in [0.2, 0.25) is 0 Å². The summed E-state index contributed by atoms with van der Waals surface area (Å²) in [5.41, 5.74) is 2.21. The molecule has 2 N–H and O–H groups in total. The van der Waals surface area contributed by atoms with E-state index in [0.717, 1.165) is 0 Å². The number of carbonyl (C=O) groups is 1. The van der Waals surface area contributed by atoms with Gasteiger partial charge in [0.25, 0.3) is 15.9 Å². The van der Waals surface area contributed by atoms with Gasteiger partial charge in [0, 0.05) is 17.3 Å². The van der Waals surface area contributed by atoms with Crippen LogP contribution in [0.3, 0.4) is 0 Å². The summed E-state index contributed by atoms with van der Waals surface area (Å²) >= 11 is 0. The van der Waals surface area contributed by atoms with Crippen LogP contribution in [0.1, 0.15) is 41.4 Å².